The van der Waals surface area contributed by atoms with Crippen molar-refractivity contribution in [1.82, 2.24) is 14.9 Å². The molecule has 3 aromatic rings. The molecule has 2 unspecified atom stereocenters. The van der Waals surface area contributed by atoms with E-state index in [4.69, 9.17) is 27.9 Å². The van der Waals surface area contributed by atoms with Gasteiger partial charge in [-0.15, -0.1) is 0 Å². The van der Waals surface area contributed by atoms with Gasteiger partial charge in [-0.1, -0.05) is 41.9 Å². The quantitative estimate of drug-likeness (QED) is 0.532. The van der Waals surface area contributed by atoms with Crippen molar-refractivity contribution in [2.75, 3.05) is 7.11 Å². The number of carbonyl (C=O) groups excluding carboxylic acids is 1. The minimum atomic E-state index is -1.03. The van der Waals surface area contributed by atoms with Gasteiger partial charge in [0.1, 0.15) is 6.04 Å². The summed E-state index contributed by atoms with van der Waals surface area (Å²) in [5.41, 5.74) is 2.46. The Morgan fingerprint density at radius 2 is 1.81 bits per heavy atom. The topological polar surface area (TPSA) is 92.6 Å². The molecule has 1 N–H and O–H groups in total. The fourth-order valence-electron chi connectivity index (χ4n) is 4.03. The number of ether oxygens (including phenoxy) is 1. The maximum atomic E-state index is 13.4. The summed E-state index contributed by atoms with van der Waals surface area (Å²) in [5.74, 6) is -1.09. The number of nitrogens with zero attached hydrogens (tertiary/aromatic N) is 3. The van der Waals surface area contributed by atoms with Crippen LogP contribution >= 0.6 is 23.2 Å². The van der Waals surface area contributed by atoms with Crippen molar-refractivity contribution in [3.8, 4) is 17.0 Å². The molecule has 2 atom stereocenters. The number of aliphatic carboxylic acids is 1. The van der Waals surface area contributed by atoms with E-state index in [2.05, 4.69) is 9.97 Å². The molecule has 0 saturated carbocycles. The fraction of sp³-hybridized carbons (Fsp3) is 0.217. The molecular formula is C23H19Cl2N3O4. The van der Waals surface area contributed by atoms with Crippen LogP contribution in [0.25, 0.3) is 11.1 Å². The first-order chi connectivity index (χ1) is 15.4. The predicted octanol–water partition coefficient (Wildman–Crippen LogP) is 4.89. The zero-order valence-electron chi connectivity index (χ0n) is 17.0. The van der Waals surface area contributed by atoms with Gasteiger partial charge in [0.05, 0.1) is 18.7 Å². The second-order valence-electron chi connectivity index (χ2n) is 7.32. The van der Waals surface area contributed by atoms with Gasteiger partial charge in [-0.2, -0.15) is 4.98 Å². The van der Waals surface area contributed by atoms with Gasteiger partial charge in [0.15, 0.2) is 0 Å². The van der Waals surface area contributed by atoms with Crippen molar-refractivity contribution >= 4 is 35.1 Å². The van der Waals surface area contributed by atoms with Crippen molar-refractivity contribution < 1.29 is 19.4 Å². The predicted molar refractivity (Wildman–Crippen MR) is 120 cm³/mol. The van der Waals surface area contributed by atoms with Gasteiger partial charge < -0.3 is 14.7 Å². The Hall–Kier alpha value is -3.16. The summed E-state index contributed by atoms with van der Waals surface area (Å²) >= 11 is 12.2. The lowest BCUT2D eigenvalue weighted by molar-refractivity contribution is -0.141. The van der Waals surface area contributed by atoms with Crippen molar-refractivity contribution in [1.29, 1.82) is 0 Å². The van der Waals surface area contributed by atoms with E-state index in [1.165, 1.54) is 12.0 Å². The molecule has 1 aliphatic heterocycles. The lowest BCUT2D eigenvalue weighted by atomic mass is 10.0. The van der Waals surface area contributed by atoms with Crippen LogP contribution in [0.4, 0.5) is 0 Å². The van der Waals surface area contributed by atoms with Crippen LogP contribution < -0.4 is 4.74 Å². The van der Waals surface area contributed by atoms with Crippen LogP contribution in [-0.4, -0.2) is 45.0 Å². The number of carboxylic acids is 1. The molecule has 0 aliphatic carbocycles. The Balaban J connectivity index is 1.67. The molecule has 32 heavy (non-hydrogen) atoms. The first-order valence-electron chi connectivity index (χ1n) is 9.87. The second kappa shape index (κ2) is 9.14. The molecule has 0 spiro atoms. The van der Waals surface area contributed by atoms with Crippen LogP contribution in [0.3, 0.4) is 0 Å². The van der Waals surface area contributed by atoms with E-state index in [0.29, 0.717) is 34.9 Å². The molecule has 0 radical (unpaired) electrons. The third-order valence-corrected chi connectivity index (χ3v) is 6.06. The average molecular weight is 472 g/mol. The Kier molecular flexibility index (Phi) is 6.30. The number of amides is 1. The summed E-state index contributed by atoms with van der Waals surface area (Å²) in [6.45, 7) is 0. The number of hydrogen-bond acceptors (Lipinski definition) is 5. The number of hydrogen-bond donors (Lipinski definition) is 1. The standard InChI is InChI=1S/C23H19Cl2N3O4/c1-32-20-16(12-26-23(25)27-20)13-6-8-14(9-7-13)21(29)28-18(10-11-19(28)22(30)31)15-4-2-3-5-17(15)24/h2-9,12,18-19H,10-11H2,1H3,(H,30,31). The molecular weight excluding hydrogens is 453 g/mol. The molecule has 164 valence electrons. The molecule has 1 aliphatic rings. The number of aromatic nitrogens is 2. The van der Waals surface area contributed by atoms with E-state index in [9.17, 15) is 14.7 Å². The zero-order chi connectivity index (χ0) is 22.8. The first kappa shape index (κ1) is 22.0. The van der Waals surface area contributed by atoms with Crippen LogP contribution in [0.1, 0.15) is 34.8 Å². The summed E-state index contributed by atoms with van der Waals surface area (Å²) in [5, 5.41) is 10.3. The first-order valence-corrected chi connectivity index (χ1v) is 10.6. The normalized spacial score (nSPS) is 17.9. The highest BCUT2D eigenvalue weighted by molar-refractivity contribution is 6.31. The highest BCUT2D eigenvalue weighted by atomic mass is 35.5. The average Bonchev–Trinajstić information content (AvgIpc) is 3.24. The van der Waals surface area contributed by atoms with E-state index in [1.807, 2.05) is 12.1 Å². The van der Waals surface area contributed by atoms with E-state index in [1.54, 1.807) is 42.6 Å². The van der Waals surface area contributed by atoms with Gasteiger partial charge in [0, 0.05) is 16.8 Å². The van der Waals surface area contributed by atoms with E-state index >= 15 is 0 Å². The summed E-state index contributed by atoms with van der Waals surface area (Å²) < 4.78 is 5.27. The smallest absolute Gasteiger partial charge is 0.326 e. The molecule has 4 rings (SSSR count). The van der Waals surface area contributed by atoms with Crippen molar-refractivity contribution in [2.24, 2.45) is 0 Å². The number of rotatable bonds is 5. The summed E-state index contributed by atoms with van der Waals surface area (Å²) in [6, 6.07) is 12.6. The Labute approximate surface area is 194 Å². The Morgan fingerprint density at radius 1 is 1.09 bits per heavy atom. The van der Waals surface area contributed by atoms with E-state index in [-0.39, 0.29) is 11.2 Å². The lowest BCUT2D eigenvalue weighted by Gasteiger charge is -2.29. The van der Waals surface area contributed by atoms with E-state index in [0.717, 1.165) is 11.1 Å². The largest absolute Gasteiger partial charge is 0.480 e. The summed E-state index contributed by atoms with van der Waals surface area (Å²) in [6.07, 6.45) is 2.41. The van der Waals surface area contributed by atoms with Gasteiger partial charge in [-0.25, -0.2) is 9.78 Å². The van der Waals surface area contributed by atoms with Crippen LogP contribution in [0.5, 0.6) is 5.88 Å². The third-order valence-electron chi connectivity index (χ3n) is 5.53. The van der Waals surface area contributed by atoms with Gasteiger partial charge in [-0.3, -0.25) is 4.79 Å². The maximum Gasteiger partial charge on any atom is 0.326 e. The van der Waals surface area contributed by atoms with Crippen LogP contribution in [-0.2, 0) is 4.79 Å². The van der Waals surface area contributed by atoms with E-state index < -0.39 is 18.1 Å². The van der Waals surface area contributed by atoms with Gasteiger partial charge in [0.2, 0.25) is 11.2 Å². The van der Waals surface area contributed by atoms with Crippen molar-refractivity contribution in [3.05, 3.63) is 76.2 Å². The highest BCUT2D eigenvalue weighted by Gasteiger charge is 2.42. The summed E-state index contributed by atoms with van der Waals surface area (Å²) in [7, 11) is 1.48. The molecule has 2 aromatic carbocycles. The molecule has 9 heteroatoms. The molecule has 0 bridgehead atoms. The lowest BCUT2D eigenvalue weighted by Crippen LogP contribution is -2.41. The van der Waals surface area contributed by atoms with Gasteiger partial charge in [-0.05, 0) is 53.8 Å². The maximum absolute atomic E-state index is 13.4. The van der Waals surface area contributed by atoms with Crippen molar-refractivity contribution in [2.45, 2.75) is 24.9 Å². The molecule has 2 heterocycles. The molecule has 1 fully saturated rings. The number of carbonyl (C=O) groups is 2. The van der Waals surface area contributed by atoms with Crippen LogP contribution in [0, 0.1) is 0 Å². The number of halogens is 2. The minimum Gasteiger partial charge on any atom is -0.480 e. The zero-order valence-corrected chi connectivity index (χ0v) is 18.5. The SMILES string of the molecule is COc1nc(Cl)ncc1-c1ccc(C(=O)N2C(C(=O)O)CCC2c2ccccc2Cl)cc1. The molecule has 7 nitrogen and oxygen atoms in total. The Morgan fingerprint density at radius 3 is 2.47 bits per heavy atom. The van der Waals surface area contributed by atoms with Gasteiger partial charge >= 0.3 is 5.97 Å². The third kappa shape index (κ3) is 4.13. The monoisotopic (exact) mass is 471 g/mol. The number of benzene rings is 2. The van der Waals surface area contributed by atoms with Gasteiger partial charge in [0.25, 0.3) is 5.91 Å². The van der Waals surface area contributed by atoms with Crippen LogP contribution in [0.2, 0.25) is 10.3 Å². The highest BCUT2D eigenvalue weighted by Crippen LogP contribution is 2.40. The molecule has 1 amide bonds. The van der Waals surface area contributed by atoms with Crippen molar-refractivity contribution in [3.63, 3.8) is 0 Å². The number of methoxy groups -OCH3 is 1. The second-order valence-corrected chi connectivity index (χ2v) is 8.07. The van der Waals surface area contributed by atoms with Crippen LogP contribution in [0.15, 0.2) is 54.7 Å². The molecule has 1 aromatic heterocycles. The minimum absolute atomic E-state index is 0.0664. The Bertz CT molecular complexity index is 1170. The number of carboxylic acid groups (broad SMARTS) is 1. The number of likely N-dealkylation sites (tertiary alicyclic amines) is 1. The fourth-order valence-corrected chi connectivity index (χ4v) is 4.42. The molecule has 1 saturated heterocycles. The summed E-state index contributed by atoms with van der Waals surface area (Å²) in [4.78, 5) is 34.8.